The maximum atomic E-state index is 6.16. The van der Waals surface area contributed by atoms with Crippen molar-refractivity contribution >= 4 is 65.9 Å². The van der Waals surface area contributed by atoms with Crippen LogP contribution in [0.1, 0.15) is 0 Å². The second-order valence-electron chi connectivity index (χ2n) is 12.8. The van der Waals surface area contributed by atoms with Gasteiger partial charge in [0, 0.05) is 51.1 Å². The summed E-state index contributed by atoms with van der Waals surface area (Å²) in [5.74, 6) is 0. The zero-order valence-corrected chi connectivity index (χ0v) is 27.1. The molecule has 7 nitrogen and oxygen atoms in total. The maximum Gasteiger partial charge on any atom is 0.229 e. The normalized spacial score (nSPS) is 11.9. The van der Waals surface area contributed by atoms with Crippen LogP contribution in [0.25, 0.3) is 99.6 Å². The second kappa shape index (κ2) is 10.7. The zero-order valence-electron chi connectivity index (χ0n) is 27.1. The van der Waals surface area contributed by atoms with Crippen molar-refractivity contribution in [3.8, 4) is 33.6 Å². The minimum atomic E-state index is 0.563. The molecule has 11 aromatic rings. The molecule has 5 aromatic carbocycles. The summed E-state index contributed by atoms with van der Waals surface area (Å²) >= 11 is 0. The summed E-state index contributed by atoms with van der Waals surface area (Å²) in [4.78, 5) is 9.55. The number of fused-ring (bicyclic) bond motifs is 9. The molecule has 0 saturated heterocycles. The van der Waals surface area contributed by atoms with E-state index in [0.29, 0.717) is 11.4 Å². The van der Waals surface area contributed by atoms with Gasteiger partial charge in [-0.05, 0) is 77.9 Å². The Morgan fingerprint density at radius 3 is 1.63 bits per heavy atom. The number of hydrogen-bond donors (Lipinski definition) is 0. The Bertz CT molecular complexity index is 2930. The van der Waals surface area contributed by atoms with E-state index in [2.05, 4.69) is 147 Å². The van der Waals surface area contributed by atoms with Crippen molar-refractivity contribution in [1.82, 2.24) is 29.3 Å². The predicted octanol–water partition coefficient (Wildman–Crippen LogP) is 10.7. The summed E-state index contributed by atoms with van der Waals surface area (Å²) in [7, 11) is 0. The fourth-order valence-corrected chi connectivity index (χ4v) is 7.64. The molecule has 238 valence electrons. The molecule has 0 unspecified atom stereocenters. The lowest BCUT2D eigenvalue weighted by Gasteiger charge is -2.09. The Morgan fingerprint density at radius 2 is 0.961 bits per heavy atom. The zero-order chi connectivity index (χ0) is 33.5. The predicted molar refractivity (Wildman–Crippen MR) is 204 cm³/mol. The molecule has 0 aliphatic carbocycles. The van der Waals surface area contributed by atoms with Gasteiger partial charge in [0.1, 0.15) is 5.52 Å². The molecule has 0 saturated carbocycles. The van der Waals surface area contributed by atoms with Gasteiger partial charge in [0.2, 0.25) is 11.4 Å². The fraction of sp³-hybridized carbons (Fsp3) is 0. The van der Waals surface area contributed by atoms with E-state index in [4.69, 9.17) is 14.4 Å². The van der Waals surface area contributed by atoms with Crippen LogP contribution in [0.5, 0.6) is 0 Å². The number of nitrogens with zero attached hydrogens (tertiary/aromatic N) is 6. The first kappa shape index (κ1) is 27.8. The van der Waals surface area contributed by atoms with Crippen LogP contribution in [0.3, 0.4) is 0 Å². The van der Waals surface area contributed by atoms with E-state index in [1.807, 2.05) is 24.5 Å². The van der Waals surface area contributed by atoms with Gasteiger partial charge in [-0.1, -0.05) is 72.8 Å². The first-order valence-electron chi connectivity index (χ1n) is 16.9. The minimum Gasteiger partial charge on any atom is -0.419 e. The van der Waals surface area contributed by atoms with Crippen LogP contribution in [0, 0.1) is 0 Å². The van der Waals surface area contributed by atoms with Gasteiger partial charge in [0.05, 0.1) is 39.0 Å². The Kier molecular flexibility index (Phi) is 5.83. The largest absolute Gasteiger partial charge is 0.419 e. The molecule has 0 bridgehead atoms. The average molecular weight is 655 g/mol. The lowest BCUT2D eigenvalue weighted by molar-refractivity contribution is 0.640. The molecule has 0 fully saturated rings. The third-order valence-electron chi connectivity index (χ3n) is 9.99. The lowest BCUT2D eigenvalue weighted by atomic mass is 10.0. The SMILES string of the molecule is c1ccc(-n2c3ccccc3c3ccc(-c4cnc5oc6ncc(-c7ccc8c9nnccc9n(-c9ccccc9)c8c7)cc6c5c4)cc32)cc1. The van der Waals surface area contributed by atoms with Crippen LogP contribution in [0.4, 0.5) is 0 Å². The number of para-hydroxylation sites is 3. The van der Waals surface area contributed by atoms with Crippen LogP contribution in [-0.4, -0.2) is 29.3 Å². The van der Waals surface area contributed by atoms with Gasteiger partial charge < -0.3 is 13.6 Å². The maximum absolute atomic E-state index is 6.16. The van der Waals surface area contributed by atoms with Gasteiger partial charge in [-0.3, -0.25) is 0 Å². The molecule has 11 rings (SSSR count). The van der Waals surface area contributed by atoms with Gasteiger partial charge in [0.15, 0.2) is 0 Å². The van der Waals surface area contributed by atoms with Crippen molar-refractivity contribution in [2.45, 2.75) is 0 Å². The van der Waals surface area contributed by atoms with Gasteiger partial charge >= 0.3 is 0 Å². The number of hydrogen-bond acceptors (Lipinski definition) is 5. The van der Waals surface area contributed by atoms with Crippen molar-refractivity contribution < 1.29 is 4.42 Å². The molecule has 6 aromatic heterocycles. The Hall–Kier alpha value is -7.12. The van der Waals surface area contributed by atoms with Crippen LogP contribution >= 0.6 is 0 Å². The Labute approximate surface area is 290 Å². The van der Waals surface area contributed by atoms with Crippen molar-refractivity contribution in [3.05, 3.63) is 158 Å². The highest BCUT2D eigenvalue weighted by atomic mass is 16.3. The molecular weight excluding hydrogens is 629 g/mol. The van der Waals surface area contributed by atoms with Crippen molar-refractivity contribution in [3.63, 3.8) is 0 Å². The number of pyridine rings is 2. The molecule has 0 aliphatic rings. The van der Waals surface area contributed by atoms with Crippen molar-refractivity contribution in [1.29, 1.82) is 0 Å². The van der Waals surface area contributed by atoms with E-state index in [1.165, 1.54) is 16.3 Å². The topological polar surface area (TPSA) is 74.6 Å². The van der Waals surface area contributed by atoms with Gasteiger partial charge in [-0.15, -0.1) is 5.10 Å². The van der Waals surface area contributed by atoms with E-state index < -0.39 is 0 Å². The van der Waals surface area contributed by atoms with E-state index in [0.717, 1.165) is 71.9 Å². The number of rotatable bonds is 4. The molecular formula is C44H26N6O. The van der Waals surface area contributed by atoms with Crippen LogP contribution < -0.4 is 0 Å². The van der Waals surface area contributed by atoms with E-state index in [9.17, 15) is 0 Å². The minimum absolute atomic E-state index is 0.563. The van der Waals surface area contributed by atoms with Gasteiger partial charge in [-0.25, -0.2) is 9.97 Å². The second-order valence-corrected chi connectivity index (χ2v) is 12.8. The van der Waals surface area contributed by atoms with E-state index >= 15 is 0 Å². The molecule has 0 radical (unpaired) electrons. The summed E-state index contributed by atoms with van der Waals surface area (Å²) < 4.78 is 10.7. The Balaban J connectivity index is 1.07. The fourth-order valence-electron chi connectivity index (χ4n) is 7.64. The van der Waals surface area contributed by atoms with Crippen molar-refractivity contribution in [2.75, 3.05) is 0 Å². The highest BCUT2D eigenvalue weighted by molar-refractivity contribution is 6.11. The van der Waals surface area contributed by atoms with Crippen LogP contribution in [-0.2, 0) is 0 Å². The molecule has 0 N–H and O–H groups in total. The highest BCUT2D eigenvalue weighted by Gasteiger charge is 2.18. The third kappa shape index (κ3) is 4.18. The summed E-state index contributed by atoms with van der Waals surface area (Å²) in [6.45, 7) is 0. The summed E-state index contributed by atoms with van der Waals surface area (Å²) in [6, 6.07) is 49.0. The van der Waals surface area contributed by atoms with Crippen molar-refractivity contribution in [2.24, 2.45) is 0 Å². The van der Waals surface area contributed by atoms with Crippen LogP contribution in [0.2, 0.25) is 0 Å². The Morgan fingerprint density at radius 1 is 0.412 bits per heavy atom. The summed E-state index contributed by atoms with van der Waals surface area (Å²) in [5, 5.41) is 14.0. The monoisotopic (exact) mass is 654 g/mol. The number of benzene rings is 5. The number of furan rings is 1. The molecule has 51 heavy (non-hydrogen) atoms. The average Bonchev–Trinajstić information content (AvgIpc) is 3.85. The first-order chi connectivity index (χ1) is 25.3. The van der Waals surface area contributed by atoms with Gasteiger partial charge in [-0.2, -0.15) is 5.10 Å². The molecule has 0 aliphatic heterocycles. The molecule has 0 spiro atoms. The molecule has 7 heteroatoms. The smallest absolute Gasteiger partial charge is 0.229 e. The summed E-state index contributed by atoms with van der Waals surface area (Å²) in [6.07, 6.45) is 5.51. The van der Waals surface area contributed by atoms with E-state index in [1.54, 1.807) is 6.20 Å². The quantitative estimate of drug-likeness (QED) is 0.189. The first-order valence-corrected chi connectivity index (χ1v) is 16.9. The standard InChI is InChI=1S/C44H26N6O/c1-3-9-31(10-4-1)49-38-14-8-7-13-33(38)34-17-15-27(23-40(34)49)29-21-36-37-22-30(26-46-44(37)51-43(36)45-25-29)28-16-18-35-41(24-28)50(32-11-5-2-6-12-32)39-19-20-47-48-42(35)39/h1-26H. The van der Waals surface area contributed by atoms with Gasteiger partial charge in [0.25, 0.3) is 0 Å². The molecule has 6 heterocycles. The molecule has 0 atom stereocenters. The lowest BCUT2D eigenvalue weighted by Crippen LogP contribution is -1.93. The van der Waals surface area contributed by atoms with E-state index in [-0.39, 0.29) is 0 Å². The highest BCUT2D eigenvalue weighted by Crippen LogP contribution is 2.38. The third-order valence-corrected chi connectivity index (χ3v) is 9.99. The van der Waals surface area contributed by atoms with Crippen LogP contribution in [0.15, 0.2) is 163 Å². The summed E-state index contributed by atoms with van der Waals surface area (Å²) in [5.41, 5.74) is 12.7. The molecule has 0 amide bonds. The number of aromatic nitrogens is 6.